The second kappa shape index (κ2) is 8.84. The SMILES string of the molecule is C=CCOc1c(C)c2c(c3c1C[C@H]1[C@@H]4N[C@H](Cc5cc(C)c(OC)c(O)c54)[C@H](C#N)N1[C@H]3CN)OCO2. The van der Waals surface area contributed by atoms with Crippen molar-refractivity contribution in [3.05, 3.63) is 52.1 Å². The summed E-state index contributed by atoms with van der Waals surface area (Å²) in [6.07, 6.45) is 2.91. The third kappa shape index (κ3) is 3.26. The highest BCUT2D eigenvalue weighted by Crippen LogP contribution is 2.56. The van der Waals surface area contributed by atoms with Crippen molar-refractivity contribution in [2.45, 2.75) is 56.9 Å². The Bertz CT molecular complexity index is 1340. The van der Waals surface area contributed by atoms with Crippen LogP contribution in [0, 0.1) is 25.2 Å². The molecule has 4 aliphatic heterocycles. The number of piperazine rings is 1. The highest BCUT2D eigenvalue weighted by Gasteiger charge is 2.54. The molecule has 1 saturated heterocycles. The van der Waals surface area contributed by atoms with Crippen molar-refractivity contribution in [2.24, 2.45) is 5.73 Å². The summed E-state index contributed by atoms with van der Waals surface area (Å²) in [4.78, 5) is 2.23. The Morgan fingerprint density at radius 2 is 2.05 bits per heavy atom. The zero-order valence-corrected chi connectivity index (χ0v) is 21.3. The Kier molecular flexibility index (Phi) is 5.71. The van der Waals surface area contributed by atoms with Crippen LogP contribution in [0.15, 0.2) is 18.7 Å². The molecule has 0 radical (unpaired) electrons. The third-order valence-corrected chi connectivity index (χ3v) is 8.33. The molecule has 4 N–H and O–H groups in total. The number of hydrogen-bond acceptors (Lipinski definition) is 9. The van der Waals surface area contributed by atoms with Crippen LogP contribution >= 0.6 is 0 Å². The summed E-state index contributed by atoms with van der Waals surface area (Å²) in [6.45, 7) is 8.48. The lowest BCUT2D eigenvalue weighted by Crippen LogP contribution is -2.68. The van der Waals surface area contributed by atoms with Gasteiger partial charge in [-0.15, -0.1) is 0 Å². The van der Waals surface area contributed by atoms with Gasteiger partial charge in [-0.2, -0.15) is 5.26 Å². The van der Waals surface area contributed by atoms with E-state index in [0.29, 0.717) is 36.7 Å². The molecule has 1 fully saturated rings. The van der Waals surface area contributed by atoms with Gasteiger partial charge in [0.1, 0.15) is 18.4 Å². The van der Waals surface area contributed by atoms with E-state index in [1.807, 2.05) is 13.8 Å². The fourth-order valence-corrected chi connectivity index (χ4v) is 6.98. The van der Waals surface area contributed by atoms with Crippen molar-refractivity contribution < 1.29 is 24.1 Å². The number of aromatic hydroxyl groups is 1. The van der Waals surface area contributed by atoms with Gasteiger partial charge < -0.3 is 35.1 Å². The molecule has 2 aromatic carbocycles. The number of ether oxygens (including phenoxy) is 4. The van der Waals surface area contributed by atoms with Crippen LogP contribution in [0.5, 0.6) is 28.7 Å². The molecule has 2 aromatic rings. The first kappa shape index (κ1) is 23.9. The summed E-state index contributed by atoms with van der Waals surface area (Å²) in [5.74, 6) is 2.74. The molecular formula is C28H32N4O5. The van der Waals surface area contributed by atoms with Crippen molar-refractivity contribution in [1.29, 1.82) is 5.26 Å². The molecule has 0 amide bonds. The summed E-state index contributed by atoms with van der Waals surface area (Å²) >= 11 is 0. The van der Waals surface area contributed by atoms with E-state index < -0.39 is 6.04 Å². The Hall–Kier alpha value is -3.45. The van der Waals surface area contributed by atoms with E-state index in [1.165, 1.54) is 0 Å². The van der Waals surface area contributed by atoms with Gasteiger partial charge in [-0.1, -0.05) is 18.7 Å². The van der Waals surface area contributed by atoms with Gasteiger partial charge >= 0.3 is 0 Å². The van der Waals surface area contributed by atoms with E-state index >= 15 is 0 Å². The van der Waals surface area contributed by atoms with Crippen LogP contribution in [0.4, 0.5) is 0 Å². The maximum Gasteiger partial charge on any atom is 0.231 e. The summed E-state index contributed by atoms with van der Waals surface area (Å²) in [7, 11) is 1.57. The molecule has 0 saturated carbocycles. The normalized spacial score (nSPS) is 26.9. The van der Waals surface area contributed by atoms with E-state index in [-0.39, 0.29) is 43.3 Å². The van der Waals surface area contributed by atoms with Crippen LogP contribution in [0.1, 0.15) is 45.5 Å². The van der Waals surface area contributed by atoms with Crippen molar-refractivity contribution >= 4 is 0 Å². The number of nitriles is 1. The maximum absolute atomic E-state index is 11.4. The number of phenols is 1. The number of methoxy groups -OCH3 is 1. The minimum Gasteiger partial charge on any atom is -0.504 e. The zero-order valence-electron chi connectivity index (χ0n) is 21.3. The zero-order chi connectivity index (χ0) is 26.0. The number of nitrogens with two attached hydrogens (primary N) is 1. The first-order valence-electron chi connectivity index (χ1n) is 12.7. The van der Waals surface area contributed by atoms with Crippen LogP contribution in [0.3, 0.4) is 0 Å². The smallest absolute Gasteiger partial charge is 0.231 e. The molecule has 0 spiro atoms. The molecule has 37 heavy (non-hydrogen) atoms. The van der Waals surface area contributed by atoms with Gasteiger partial charge in [-0.3, -0.25) is 4.90 Å². The lowest BCUT2D eigenvalue weighted by molar-refractivity contribution is 0.00146. The molecule has 9 heteroatoms. The number of aryl methyl sites for hydroxylation is 1. The second-order valence-corrected chi connectivity index (χ2v) is 10.2. The maximum atomic E-state index is 11.4. The number of fused-ring (bicyclic) bond motifs is 9. The molecule has 0 aromatic heterocycles. The van der Waals surface area contributed by atoms with Gasteiger partial charge in [0.25, 0.3) is 0 Å². The van der Waals surface area contributed by atoms with Gasteiger partial charge in [0.05, 0.1) is 25.3 Å². The van der Waals surface area contributed by atoms with Gasteiger partial charge in [-0.25, -0.2) is 0 Å². The molecule has 9 nitrogen and oxygen atoms in total. The lowest BCUT2D eigenvalue weighted by atomic mass is 9.72. The Balaban J connectivity index is 1.58. The summed E-state index contributed by atoms with van der Waals surface area (Å²) in [5, 5.41) is 25.5. The van der Waals surface area contributed by atoms with E-state index in [9.17, 15) is 10.4 Å². The predicted molar refractivity (Wildman–Crippen MR) is 136 cm³/mol. The lowest BCUT2D eigenvalue weighted by Gasteiger charge is -2.56. The molecular weight excluding hydrogens is 472 g/mol. The van der Waals surface area contributed by atoms with Crippen LogP contribution in [-0.2, 0) is 12.8 Å². The molecule has 2 bridgehead atoms. The number of nitrogens with zero attached hydrogens (tertiary/aromatic N) is 2. The average Bonchev–Trinajstić information content (AvgIpc) is 3.38. The third-order valence-electron chi connectivity index (χ3n) is 8.33. The fraction of sp³-hybridized carbons (Fsp3) is 0.464. The molecule has 4 aliphatic rings. The predicted octanol–water partition coefficient (Wildman–Crippen LogP) is 2.70. The average molecular weight is 505 g/mol. The van der Waals surface area contributed by atoms with Gasteiger partial charge in [-0.05, 0) is 37.8 Å². The summed E-state index contributed by atoms with van der Waals surface area (Å²) < 4.78 is 23.6. The number of benzene rings is 2. The highest BCUT2D eigenvalue weighted by molar-refractivity contribution is 5.66. The largest absolute Gasteiger partial charge is 0.504 e. The number of phenolic OH excluding ortho intramolecular Hbond substituents is 1. The Morgan fingerprint density at radius 1 is 1.27 bits per heavy atom. The number of hydrogen-bond donors (Lipinski definition) is 3. The summed E-state index contributed by atoms with van der Waals surface area (Å²) in [6, 6.07) is 3.43. The van der Waals surface area contributed by atoms with Crippen LogP contribution < -0.4 is 30.0 Å². The topological polar surface area (TPSA) is 122 Å². The first-order valence-corrected chi connectivity index (χ1v) is 12.7. The van der Waals surface area contributed by atoms with Crippen molar-refractivity contribution in [3.8, 4) is 34.8 Å². The van der Waals surface area contributed by atoms with Gasteiger partial charge in [0, 0.05) is 40.9 Å². The Labute approximate surface area is 216 Å². The molecule has 5 atom stereocenters. The highest BCUT2D eigenvalue weighted by atomic mass is 16.7. The molecule has 194 valence electrons. The minimum atomic E-state index is -0.419. The molecule has 6 rings (SSSR count). The quantitative estimate of drug-likeness (QED) is 0.528. The van der Waals surface area contributed by atoms with E-state index in [2.05, 4.69) is 28.9 Å². The van der Waals surface area contributed by atoms with Crippen LogP contribution in [-0.4, -0.2) is 55.2 Å². The van der Waals surface area contributed by atoms with Gasteiger partial charge in [0.2, 0.25) is 6.79 Å². The van der Waals surface area contributed by atoms with E-state index in [4.69, 9.17) is 24.7 Å². The standard InChI is InChI=1S/C28H32N4O5/c1-5-6-35-26-14(3)27-28(37-12-36-27)22-16(26)9-18-23-21-15(7-13(2)25(34-4)24(21)33)8-17(31-23)19(10-29)32(18)20(22)11-30/h5,7,17-20,23,31,33H,1,6,8-9,11-12,30H2,2-4H3/t17-,18+,19+,20+,23+/m1/s1. The minimum absolute atomic E-state index is 0.117. The molecule has 4 heterocycles. The molecule has 0 unspecified atom stereocenters. The Morgan fingerprint density at radius 3 is 2.76 bits per heavy atom. The fourth-order valence-electron chi connectivity index (χ4n) is 6.98. The summed E-state index contributed by atoms with van der Waals surface area (Å²) in [5.41, 5.74) is 12.0. The van der Waals surface area contributed by atoms with Crippen molar-refractivity contribution in [1.82, 2.24) is 10.2 Å². The van der Waals surface area contributed by atoms with Crippen molar-refractivity contribution in [2.75, 3.05) is 27.1 Å². The second-order valence-electron chi connectivity index (χ2n) is 10.2. The monoisotopic (exact) mass is 504 g/mol. The number of nitrogens with one attached hydrogen (secondary N) is 1. The van der Waals surface area contributed by atoms with Crippen LogP contribution in [0.25, 0.3) is 0 Å². The van der Waals surface area contributed by atoms with E-state index in [0.717, 1.165) is 39.1 Å². The number of rotatable bonds is 5. The van der Waals surface area contributed by atoms with Gasteiger partial charge in [0.15, 0.2) is 23.0 Å². The van der Waals surface area contributed by atoms with E-state index in [1.54, 1.807) is 13.2 Å². The van der Waals surface area contributed by atoms with Crippen molar-refractivity contribution in [3.63, 3.8) is 0 Å². The first-order chi connectivity index (χ1) is 17.9. The molecule has 0 aliphatic carbocycles. The van der Waals surface area contributed by atoms with Crippen LogP contribution in [0.2, 0.25) is 0 Å².